The molecular formula is C11H18F2O2S. The summed E-state index contributed by atoms with van der Waals surface area (Å²) < 4.78 is 34.3. The Morgan fingerprint density at radius 3 is 2.81 bits per heavy atom. The van der Waals surface area contributed by atoms with Crippen LogP contribution in [0.3, 0.4) is 0 Å². The van der Waals surface area contributed by atoms with Gasteiger partial charge in [-0.05, 0) is 17.9 Å². The molecule has 0 bridgehead atoms. The lowest BCUT2D eigenvalue weighted by Gasteiger charge is -2.27. The van der Waals surface area contributed by atoms with E-state index in [2.05, 4.69) is 20.8 Å². The van der Waals surface area contributed by atoms with E-state index in [1.165, 1.54) is 0 Å². The molecule has 5 heteroatoms. The predicted molar refractivity (Wildman–Crippen MR) is 61.2 cm³/mol. The van der Waals surface area contributed by atoms with Gasteiger partial charge in [0.25, 0.3) is 0 Å². The molecule has 0 amide bonds. The van der Waals surface area contributed by atoms with Crippen molar-refractivity contribution in [2.24, 2.45) is 5.41 Å². The fourth-order valence-corrected chi connectivity index (χ4v) is 1.87. The van der Waals surface area contributed by atoms with Gasteiger partial charge in [-0.15, -0.1) is 0 Å². The summed E-state index contributed by atoms with van der Waals surface area (Å²) in [6, 6.07) is 0. The summed E-state index contributed by atoms with van der Waals surface area (Å²) in [7, 11) is 0. The maximum absolute atomic E-state index is 11.9. The van der Waals surface area contributed by atoms with E-state index in [1.54, 1.807) is 0 Å². The van der Waals surface area contributed by atoms with Gasteiger partial charge in [-0.2, -0.15) is 8.78 Å². The Kier molecular flexibility index (Phi) is 5.05. The van der Waals surface area contributed by atoms with Crippen molar-refractivity contribution in [3.8, 4) is 0 Å². The minimum atomic E-state index is -2.50. The first kappa shape index (κ1) is 13.8. The van der Waals surface area contributed by atoms with Crippen molar-refractivity contribution in [3.05, 3.63) is 11.8 Å². The van der Waals surface area contributed by atoms with E-state index in [4.69, 9.17) is 8.92 Å². The van der Waals surface area contributed by atoms with Gasteiger partial charge in [-0.25, -0.2) is 0 Å². The van der Waals surface area contributed by atoms with Crippen molar-refractivity contribution in [2.45, 2.75) is 45.5 Å². The van der Waals surface area contributed by atoms with E-state index in [9.17, 15) is 8.78 Å². The first-order valence-corrected chi connectivity index (χ1v) is 6.11. The Bertz CT molecular complexity index is 249. The standard InChI is InChI=1S/C11H18F2O2S/c1-11(2,3)7-9-6-8(4-5-14-9)15-16-10(12)13/h6,9-10H,4-5,7H2,1-3H3. The van der Waals surface area contributed by atoms with E-state index >= 15 is 0 Å². The predicted octanol–water partition coefficient (Wildman–Crippen LogP) is 3.98. The van der Waals surface area contributed by atoms with E-state index in [-0.39, 0.29) is 23.6 Å². The first-order chi connectivity index (χ1) is 7.37. The van der Waals surface area contributed by atoms with Crippen LogP contribution in [0.4, 0.5) is 8.78 Å². The third-order valence-electron chi connectivity index (χ3n) is 2.09. The Morgan fingerprint density at radius 2 is 2.25 bits per heavy atom. The van der Waals surface area contributed by atoms with Crippen molar-refractivity contribution < 1.29 is 17.7 Å². The maximum Gasteiger partial charge on any atom is 0.319 e. The van der Waals surface area contributed by atoms with Crippen molar-refractivity contribution in [1.82, 2.24) is 0 Å². The molecule has 1 unspecified atom stereocenters. The number of alkyl halides is 2. The van der Waals surface area contributed by atoms with Crippen LogP contribution in [0.15, 0.2) is 11.8 Å². The van der Waals surface area contributed by atoms with E-state index in [1.807, 2.05) is 6.08 Å². The largest absolute Gasteiger partial charge is 0.425 e. The summed E-state index contributed by atoms with van der Waals surface area (Å²) in [5.74, 6) is -1.89. The second-order valence-electron chi connectivity index (χ2n) is 5.00. The highest BCUT2D eigenvalue weighted by Gasteiger charge is 2.22. The lowest BCUT2D eigenvalue weighted by atomic mass is 9.88. The summed E-state index contributed by atoms with van der Waals surface area (Å²) in [5, 5.41) is 0. The summed E-state index contributed by atoms with van der Waals surface area (Å²) in [4.78, 5) is 0. The Morgan fingerprint density at radius 1 is 1.56 bits per heavy atom. The second kappa shape index (κ2) is 5.87. The molecule has 0 fully saturated rings. The molecule has 0 saturated carbocycles. The Balaban J connectivity index is 2.46. The fourth-order valence-electron chi connectivity index (χ4n) is 1.54. The summed E-state index contributed by atoms with van der Waals surface area (Å²) in [5.41, 5.74) is 0.152. The summed E-state index contributed by atoms with van der Waals surface area (Å²) in [6.45, 7) is 6.89. The smallest absolute Gasteiger partial charge is 0.319 e. The number of hydrogen-bond acceptors (Lipinski definition) is 3. The monoisotopic (exact) mass is 252 g/mol. The van der Waals surface area contributed by atoms with E-state index < -0.39 is 5.76 Å². The second-order valence-corrected chi connectivity index (χ2v) is 5.71. The van der Waals surface area contributed by atoms with Crippen LogP contribution < -0.4 is 0 Å². The lowest BCUT2D eigenvalue weighted by Crippen LogP contribution is -2.23. The summed E-state index contributed by atoms with van der Waals surface area (Å²) >= 11 is 0.201. The molecule has 0 aliphatic carbocycles. The number of hydrogen-bond donors (Lipinski definition) is 0. The molecule has 0 aromatic rings. The van der Waals surface area contributed by atoms with Crippen LogP contribution in [0.5, 0.6) is 0 Å². The van der Waals surface area contributed by atoms with Crippen LogP contribution in [0.25, 0.3) is 0 Å². The Labute approximate surface area is 99.6 Å². The molecule has 16 heavy (non-hydrogen) atoms. The van der Waals surface area contributed by atoms with E-state index in [0.29, 0.717) is 18.8 Å². The topological polar surface area (TPSA) is 18.5 Å². The molecule has 94 valence electrons. The normalized spacial score (nSPS) is 22.1. The number of halogens is 2. The van der Waals surface area contributed by atoms with Gasteiger partial charge in [0.2, 0.25) is 0 Å². The van der Waals surface area contributed by atoms with Gasteiger partial charge in [0, 0.05) is 6.42 Å². The highest BCUT2D eigenvalue weighted by molar-refractivity contribution is 7.95. The third kappa shape index (κ3) is 5.70. The van der Waals surface area contributed by atoms with Crippen LogP contribution >= 0.6 is 12.0 Å². The van der Waals surface area contributed by atoms with Gasteiger partial charge in [-0.3, -0.25) is 0 Å². The van der Waals surface area contributed by atoms with Crippen molar-refractivity contribution in [3.63, 3.8) is 0 Å². The average Bonchev–Trinajstić information content (AvgIpc) is 2.12. The van der Waals surface area contributed by atoms with Crippen LogP contribution in [0.1, 0.15) is 33.6 Å². The van der Waals surface area contributed by atoms with Gasteiger partial charge < -0.3 is 8.92 Å². The lowest BCUT2D eigenvalue weighted by molar-refractivity contribution is 0.0417. The molecule has 1 atom stereocenters. The minimum Gasteiger partial charge on any atom is -0.425 e. The molecule has 0 aromatic carbocycles. The van der Waals surface area contributed by atoms with Crippen LogP contribution in [0, 0.1) is 5.41 Å². The van der Waals surface area contributed by atoms with Crippen molar-refractivity contribution >= 4 is 12.0 Å². The molecule has 0 aromatic heterocycles. The van der Waals surface area contributed by atoms with Crippen molar-refractivity contribution in [2.75, 3.05) is 6.61 Å². The van der Waals surface area contributed by atoms with Gasteiger partial charge in [-0.1, -0.05) is 20.8 Å². The van der Waals surface area contributed by atoms with Crippen molar-refractivity contribution in [1.29, 1.82) is 0 Å². The molecule has 1 heterocycles. The molecule has 1 aliphatic rings. The zero-order valence-electron chi connectivity index (χ0n) is 9.83. The molecule has 0 spiro atoms. The number of ether oxygens (including phenoxy) is 1. The zero-order valence-corrected chi connectivity index (χ0v) is 10.7. The maximum atomic E-state index is 11.9. The first-order valence-electron chi connectivity index (χ1n) is 5.30. The van der Waals surface area contributed by atoms with Crippen LogP contribution in [-0.4, -0.2) is 18.5 Å². The quantitative estimate of drug-likeness (QED) is 0.705. The highest BCUT2D eigenvalue weighted by atomic mass is 32.2. The van der Waals surface area contributed by atoms with Gasteiger partial charge >= 0.3 is 5.76 Å². The minimum absolute atomic E-state index is 0.0259. The Hall–Kier alpha value is -0.290. The van der Waals surface area contributed by atoms with Crippen LogP contribution in [-0.2, 0) is 8.92 Å². The molecule has 1 rings (SSSR count). The SMILES string of the molecule is CC(C)(C)CC1C=C(OSC(F)F)CCO1. The molecule has 0 N–H and O–H groups in total. The fraction of sp³-hybridized carbons (Fsp3) is 0.818. The molecule has 2 nitrogen and oxygen atoms in total. The van der Waals surface area contributed by atoms with Gasteiger partial charge in [0.15, 0.2) is 0 Å². The molecular weight excluding hydrogens is 234 g/mol. The summed E-state index contributed by atoms with van der Waals surface area (Å²) in [6.07, 6.45) is 3.21. The van der Waals surface area contributed by atoms with Gasteiger partial charge in [0.1, 0.15) is 17.8 Å². The zero-order chi connectivity index (χ0) is 12.2. The van der Waals surface area contributed by atoms with E-state index in [0.717, 1.165) is 6.42 Å². The van der Waals surface area contributed by atoms with Crippen LogP contribution in [0.2, 0.25) is 0 Å². The van der Waals surface area contributed by atoms with Gasteiger partial charge in [0.05, 0.1) is 12.7 Å². The molecule has 0 saturated heterocycles. The number of rotatable bonds is 4. The third-order valence-corrected chi connectivity index (χ3v) is 2.55. The molecule has 0 radical (unpaired) electrons. The average molecular weight is 252 g/mol. The molecule has 1 aliphatic heterocycles. The highest BCUT2D eigenvalue weighted by Crippen LogP contribution is 2.29.